The average molecular weight is 262 g/mol. The first-order valence-electron chi connectivity index (χ1n) is 4.78. The number of aromatic nitrogens is 2. The molecule has 2 heterocycles. The maximum absolute atomic E-state index is 12.7. The molecule has 6 heteroatoms. The van der Waals surface area contributed by atoms with Crippen LogP contribution >= 0.6 is 23.7 Å². The highest BCUT2D eigenvalue weighted by molar-refractivity contribution is 7.10. The molecule has 1 N–H and O–H groups in total. The molecule has 0 radical (unpaired) electrons. The molecule has 0 aliphatic carbocycles. The number of nitrogens with zero attached hydrogens (tertiary/aromatic N) is 2. The highest BCUT2D eigenvalue weighted by Crippen LogP contribution is 2.16. The molecule has 0 bridgehead atoms. The molecule has 2 aromatic heterocycles. The summed E-state index contributed by atoms with van der Waals surface area (Å²) in [6, 6.07) is 3.27. The Morgan fingerprint density at radius 2 is 2.31 bits per heavy atom. The number of hydrogen-bond acceptors (Lipinski definition) is 3. The molecule has 0 aromatic carbocycles. The summed E-state index contributed by atoms with van der Waals surface area (Å²) >= 11 is 1.16. The predicted molar refractivity (Wildman–Crippen MR) is 66.8 cm³/mol. The molecule has 0 atom stereocenters. The van der Waals surface area contributed by atoms with E-state index in [1.165, 1.54) is 6.07 Å². The molecule has 0 amide bonds. The summed E-state index contributed by atoms with van der Waals surface area (Å²) in [6.07, 6.45) is 3.71. The number of anilines is 1. The molecule has 0 aliphatic heterocycles. The van der Waals surface area contributed by atoms with Crippen molar-refractivity contribution in [1.82, 2.24) is 9.78 Å². The van der Waals surface area contributed by atoms with Gasteiger partial charge in [0.1, 0.15) is 0 Å². The van der Waals surface area contributed by atoms with Crippen LogP contribution in [0, 0.1) is 5.13 Å². The molecule has 0 unspecified atom stereocenters. The monoisotopic (exact) mass is 261 g/mol. The lowest BCUT2D eigenvalue weighted by Crippen LogP contribution is -1.96. The molecule has 0 aliphatic rings. The minimum atomic E-state index is -0.143. The minimum Gasteiger partial charge on any atom is -0.378 e. The number of halogens is 2. The fourth-order valence-corrected chi connectivity index (χ4v) is 1.93. The van der Waals surface area contributed by atoms with E-state index in [-0.39, 0.29) is 17.5 Å². The second-order valence-electron chi connectivity index (χ2n) is 3.14. The molecular weight excluding hydrogens is 249 g/mol. The average Bonchev–Trinajstić information content (AvgIpc) is 2.83. The van der Waals surface area contributed by atoms with Crippen LogP contribution in [0.3, 0.4) is 0 Å². The van der Waals surface area contributed by atoms with Gasteiger partial charge in [0.2, 0.25) is 0 Å². The van der Waals surface area contributed by atoms with E-state index in [1.807, 2.05) is 17.8 Å². The van der Waals surface area contributed by atoms with Gasteiger partial charge in [-0.05, 0) is 19.1 Å². The Hall–Kier alpha value is -1.07. The largest absolute Gasteiger partial charge is 0.378 e. The molecule has 3 nitrogen and oxygen atoms in total. The van der Waals surface area contributed by atoms with Crippen molar-refractivity contribution in [1.29, 1.82) is 0 Å². The topological polar surface area (TPSA) is 29.9 Å². The second-order valence-corrected chi connectivity index (χ2v) is 4.26. The van der Waals surface area contributed by atoms with Gasteiger partial charge in [-0.1, -0.05) is 0 Å². The molecular formula is C10H13ClFN3S. The van der Waals surface area contributed by atoms with E-state index < -0.39 is 0 Å². The smallest absolute Gasteiger partial charge is 0.176 e. The Morgan fingerprint density at radius 1 is 1.50 bits per heavy atom. The van der Waals surface area contributed by atoms with E-state index in [0.717, 1.165) is 28.4 Å². The van der Waals surface area contributed by atoms with Crippen molar-refractivity contribution >= 4 is 29.4 Å². The SMILES string of the molecule is CCn1cc(NCc2ccc(F)s2)cn1.Cl. The molecule has 0 spiro atoms. The van der Waals surface area contributed by atoms with Crippen LogP contribution in [0.15, 0.2) is 24.5 Å². The molecule has 16 heavy (non-hydrogen) atoms. The Bertz CT molecular complexity index is 441. The summed E-state index contributed by atoms with van der Waals surface area (Å²) in [5.41, 5.74) is 0.964. The van der Waals surface area contributed by atoms with Gasteiger partial charge >= 0.3 is 0 Å². The summed E-state index contributed by atoms with van der Waals surface area (Å²) in [4.78, 5) is 0.983. The molecule has 0 fully saturated rings. The zero-order valence-corrected chi connectivity index (χ0v) is 10.4. The first-order valence-corrected chi connectivity index (χ1v) is 5.60. The standard InChI is InChI=1S/C10H12FN3S.ClH/c1-2-14-7-8(5-13-14)12-6-9-3-4-10(11)15-9;/h3-5,7,12H,2,6H2,1H3;1H. The van der Waals surface area contributed by atoms with Crippen LogP contribution in [-0.2, 0) is 13.1 Å². The predicted octanol–water partition coefficient (Wildman–Crippen LogP) is 3.14. The van der Waals surface area contributed by atoms with Crippen LogP contribution in [0.2, 0.25) is 0 Å². The van der Waals surface area contributed by atoms with Crippen molar-refractivity contribution in [2.45, 2.75) is 20.0 Å². The molecule has 0 saturated heterocycles. The van der Waals surface area contributed by atoms with Gasteiger partial charge in [0.25, 0.3) is 0 Å². The van der Waals surface area contributed by atoms with E-state index >= 15 is 0 Å². The summed E-state index contributed by atoms with van der Waals surface area (Å²) < 4.78 is 14.5. The molecule has 2 rings (SSSR count). The van der Waals surface area contributed by atoms with Crippen molar-refractivity contribution in [3.05, 3.63) is 34.5 Å². The summed E-state index contributed by atoms with van der Waals surface area (Å²) in [5, 5.41) is 7.18. The van der Waals surface area contributed by atoms with Crippen LogP contribution in [-0.4, -0.2) is 9.78 Å². The third-order valence-electron chi connectivity index (χ3n) is 2.05. The van der Waals surface area contributed by atoms with Gasteiger partial charge in [0.15, 0.2) is 5.13 Å². The van der Waals surface area contributed by atoms with Crippen molar-refractivity contribution in [3.63, 3.8) is 0 Å². The van der Waals surface area contributed by atoms with Crippen molar-refractivity contribution < 1.29 is 4.39 Å². The fourth-order valence-electron chi connectivity index (χ4n) is 1.26. The highest BCUT2D eigenvalue weighted by Gasteiger charge is 2.00. The van der Waals surface area contributed by atoms with E-state index in [2.05, 4.69) is 10.4 Å². The van der Waals surface area contributed by atoms with Gasteiger partial charge in [-0.15, -0.1) is 23.7 Å². The first-order chi connectivity index (χ1) is 7.28. The third kappa shape index (κ3) is 3.21. The normalized spacial score (nSPS) is 9.88. The first kappa shape index (κ1) is 13.0. The van der Waals surface area contributed by atoms with E-state index in [9.17, 15) is 4.39 Å². The Balaban J connectivity index is 0.00000128. The minimum absolute atomic E-state index is 0. The van der Waals surface area contributed by atoms with Gasteiger partial charge < -0.3 is 5.32 Å². The quantitative estimate of drug-likeness (QED) is 0.916. The number of hydrogen-bond donors (Lipinski definition) is 1. The molecule has 2 aromatic rings. The van der Waals surface area contributed by atoms with Crippen LogP contribution in [0.1, 0.15) is 11.8 Å². The molecule has 0 saturated carbocycles. The van der Waals surface area contributed by atoms with Crippen molar-refractivity contribution in [3.8, 4) is 0 Å². The number of aryl methyl sites for hydroxylation is 1. The Morgan fingerprint density at radius 3 is 2.88 bits per heavy atom. The van der Waals surface area contributed by atoms with Gasteiger partial charge in [0, 0.05) is 24.2 Å². The van der Waals surface area contributed by atoms with Crippen LogP contribution in [0.4, 0.5) is 10.1 Å². The molecule has 88 valence electrons. The van der Waals surface area contributed by atoms with Crippen LogP contribution in [0.5, 0.6) is 0 Å². The Kier molecular flexibility index (Phi) is 4.76. The summed E-state index contributed by atoms with van der Waals surface area (Å²) in [6.45, 7) is 3.53. The highest BCUT2D eigenvalue weighted by atomic mass is 35.5. The van der Waals surface area contributed by atoms with Crippen molar-refractivity contribution in [2.24, 2.45) is 0 Å². The van der Waals surface area contributed by atoms with Gasteiger partial charge in [-0.3, -0.25) is 4.68 Å². The van der Waals surface area contributed by atoms with E-state index in [0.29, 0.717) is 6.54 Å². The summed E-state index contributed by atoms with van der Waals surface area (Å²) in [5.74, 6) is 0. The van der Waals surface area contributed by atoms with Crippen molar-refractivity contribution in [2.75, 3.05) is 5.32 Å². The van der Waals surface area contributed by atoms with Crippen LogP contribution in [0.25, 0.3) is 0 Å². The number of thiophene rings is 1. The van der Waals surface area contributed by atoms with Gasteiger partial charge in [0.05, 0.1) is 11.9 Å². The fraction of sp³-hybridized carbons (Fsp3) is 0.300. The van der Waals surface area contributed by atoms with Crippen LogP contribution < -0.4 is 5.32 Å². The van der Waals surface area contributed by atoms with Gasteiger partial charge in [-0.2, -0.15) is 9.49 Å². The zero-order chi connectivity index (χ0) is 10.7. The van der Waals surface area contributed by atoms with E-state index in [4.69, 9.17) is 0 Å². The number of nitrogens with one attached hydrogen (secondary N) is 1. The van der Waals surface area contributed by atoms with Gasteiger partial charge in [-0.25, -0.2) is 0 Å². The maximum Gasteiger partial charge on any atom is 0.176 e. The second kappa shape index (κ2) is 5.86. The zero-order valence-electron chi connectivity index (χ0n) is 8.81. The van der Waals surface area contributed by atoms with E-state index in [1.54, 1.807) is 12.3 Å². The lowest BCUT2D eigenvalue weighted by atomic mass is 10.4. The Labute approximate surface area is 104 Å². The lowest BCUT2D eigenvalue weighted by Gasteiger charge is -1.99. The summed E-state index contributed by atoms with van der Waals surface area (Å²) in [7, 11) is 0. The maximum atomic E-state index is 12.7. The third-order valence-corrected chi connectivity index (χ3v) is 2.93. The number of rotatable bonds is 4. The lowest BCUT2D eigenvalue weighted by molar-refractivity contribution is 0.657.